The van der Waals surface area contributed by atoms with Gasteiger partial charge in [0.05, 0.1) is 0 Å². The van der Waals surface area contributed by atoms with E-state index in [4.69, 9.17) is 5.73 Å². The summed E-state index contributed by atoms with van der Waals surface area (Å²) < 4.78 is 37.7. The molecule has 114 valence electrons. The summed E-state index contributed by atoms with van der Waals surface area (Å²) >= 11 is 0. The second-order valence-electron chi connectivity index (χ2n) is 5.25. The summed E-state index contributed by atoms with van der Waals surface area (Å²) in [6.07, 6.45) is -3.40. The van der Waals surface area contributed by atoms with E-state index in [0.29, 0.717) is 11.3 Å². The molecule has 1 heterocycles. The highest BCUT2D eigenvalue weighted by Gasteiger charge is 2.35. The van der Waals surface area contributed by atoms with Crippen molar-refractivity contribution in [3.8, 4) is 0 Å². The van der Waals surface area contributed by atoms with E-state index in [1.165, 1.54) is 4.90 Å². The highest BCUT2D eigenvalue weighted by atomic mass is 19.4. The normalized spacial score (nSPS) is 15.9. The molecule has 0 saturated carbocycles. The molecule has 0 aromatic heterocycles. The molecule has 0 atom stereocenters. The number of alkyl halides is 3. The van der Waals surface area contributed by atoms with E-state index in [9.17, 15) is 18.0 Å². The Balaban J connectivity index is 2.20. The van der Waals surface area contributed by atoms with Crippen molar-refractivity contribution in [1.82, 2.24) is 4.90 Å². The van der Waals surface area contributed by atoms with Crippen molar-refractivity contribution < 1.29 is 18.0 Å². The molecule has 2 rings (SSSR count). The lowest BCUT2D eigenvalue weighted by Crippen LogP contribution is -2.37. The summed E-state index contributed by atoms with van der Waals surface area (Å²) in [4.78, 5) is 13.8. The lowest BCUT2D eigenvalue weighted by Gasteiger charge is -2.28. The zero-order valence-corrected chi connectivity index (χ0v) is 11.9. The molecule has 6 heteroatoms. The Kier molecular flexibility index (Phi) is 3.98. The standard InChI is InChI=1S/C15H17F3N2O/c1-9-7-10(2)13(19)8-12(9)14(21)20-5-3-11(4-6-20)15(16,17)18/h3,7-8H,4-6,19H2,1-2H3. The zero-order valence-electron chi connectivity index (χ0n) is 11.9. The van der Waals surface area contributed by atoms with Crippen LogP contribution in [0, 0.1) is 13.8 Å². The van der Waals surface area contributed by atoms with Crippen molar-refractivity contribution in [2.75, 3.05) is 18.8 Å². The number of carbonyl (C=O) groups excluding carboxylic acids is 1. The lowest BCUT2D eigenvalue weighted by atomic mass is 10.0. The van der Waals surface area contributed by atoms with Gasteiger partial charge in [-0.3, -0.25) is 4.79 Å². The first-order valence-electron chi connectivity index (χ1n) is 6.62. The van der Waals surface area contributed by atoms with Crippen LogP contribution in [0.15, 0.2) is 23.8 Å². The summed E-state index contributed by atoms with van der Waals surface area (Å²) in [6, 6.07) is 3.40. The van der Waals surface area contributed by atoms with Crippen LogP contribution in [0.25, 0.3) is 0 Å². The average molecular weight is 298 g/mol. The van der Waals surface area contributed by atoms with E-state index in [-0.39, 0.29) is 25.4 Å². The summed E-state index contributed by atoms with van der Waals surface area (Å²) in [5.74, 6) is -0.281. The minimum absolute atomic E-state index is 0.0269. The molecule has 0 unspecified atom stereocenters. The van der Waals surface area contributed by atoms with Gasteiger partial charge in [-0.15, -0.1) is 0 Å². The van der Waals surface area contributed by atoms with Gasteiger partial charge in [0.1, 0.15) is 0 Å². The summed E-state index contributed by atoms with van der Waals surface area (Å²) in [5.41, 5.74) is 7.85. The molecule has 0 bridgehead atoms. The van der Waals surface area contributed by atoms with Crippen LogP contribution >= 0.6 is 0 Å². The average Bonchev–Trinajstić information content (AvgIpc) is 2.41. The highest BCUT2D eigenvalue weighted by molar-refractivity contribution is 5.97. The first-order chi connectivity index (χ1) is 9.70. The minimum Gasteiger partial charge on any atom is -0.398 e. The number of nitrogens with two attached hydrogens (primary N) is 1. The molecule has 3 nitrogen and oxygen atoms in total. The number of rotatable bonds is 1. The Labute approximate surface area is 121 Å². The SMILES string of the molecule is Cc1cc(C)c(C(=O)N2CC=C(C(F)(F)F)CC2)cc1N. The van der Waals surface area contributed by atoms with Crippen molar-refractivity contribution in [2.24, 2.45) is 0 Å². The lowest BCUT2D eigenvalue weighted by molar-refractivity contribution is -0.0957. The van der Waals surface area contributed by atoms with E-state index in [1.54, 1.807) is 13.0 Å². The summed E-state index contributed by atoms with van der Waals surface area (Å²) in [7, 11) is 0. The molecular weight excluding hydrogens is 281 g/mol. The fourth-order valence-electron chi connectivity index (χ4n) is 2.38. The van der Waals surface area contributed by atoms with Crippen LogP contribution in [0.3, 0.4) is 0 Å². The van der Waals surface area contributed by atoms with Crippen LogP contribution in [0.2, 0.25) is 0 Å². The van der Waals surface area contributed by atoms with Gasteiger partial charge in [0.25, 0.3) is 5.91 Å². The molecule has 0 saturated heterocycles. The van der Waals surface area contributed by atoms with E-state index in [2.05, 4.69) is 0 Å². The third-order valence-corrected chi connectivity index (χ3v) is 3.70. The Hall–Kier alpha value is -1.98. The molecule has 0 radical (unpaired) electrons. The van der Waals surface area contributed by atoms with Gasteiger partial charge in [0, 0.05) is 29.9 Å². The van der Waals surface area contributed by atoms with Gasteiger partial charge >= 0.3 is 6.18 Å². The maximum absolute atomic E-state index is 12.6. The first-order valence-corrected chi connectivity index (χ1v) is 6.62. The van der Waals surface area contributed by atoms with Crippen LogP contribution in [0.1, 0.15) is 27.9 Å². The molecule has 1 aliphatic rings. The maximum atomic E-state index is 12.6. The quantitative estimate of drug-likeness (QED) is 0.639. The van der Waals surface area contributed by atoms with Gasteiger partial charge in [0.15, 0.2) is 0 Å². The summed E-state index contributed by atoms with van der Waals surface area (Å²) in [5, 5.41) is 0. The molecule has 2 N–H and O–H groups in total. The molecule has 0 aliphatic carbocycles. The number of halogens is 3. The minimum atomic E-state index is -4.31. The van der Waals surface area contributed by atoms with Gasteiger partial charge in [-0.05, 0) is 37.5 Å². The van der Waals surface area contributed by atoms with Crippen LogP contribution in [-0.2, 0) is 0 Å². The van der Waals surface area contributed by atoms with Crippen molar-refractivity contribution in [1.29, 1.82) is 0 Å². The largest absolute Gasteiger partial charge is 0.412 e. The number of nitrogen functional groups attached to an aromatic ring is 1. The van der Waals surface area contributed by atoms with Crippen LogP contribution in [0.5, 0.6) is 0 Å². The smallest absolute Gasteiger partial charge is 0.398 e. The molecule has 0 fully saturated rings. The van der Waals surface area contributed by atoms with Crippen molar-refractivity contribution >= 4 is 11.6 Å². The van der Waals surface area contributed by atoms with E-state index < -0.39 is 11.7 Å². The molecule has 1 amide bonds. The highest BCUT2D eigenvalue weighted by Crippen LogP contribution is 2.30. The van der Waals surface area contributed by atoms with Gasteiger partial charge in [-0.25, -0.2) is 0 Å². The Morgan fingerprint density at radius 2 is 1.90 bits per heavy atom. The number of carbonyl (C=O) groups is 1. The number of anilines is 1. The van der Waals surface area contributed by atoms with Crippen LogP contribution < -0.4 is 5.73 Å². The van der Waals surface area contributed by atoms with Gasteiger partial charge in [-0.1, -0.05) is 12.1 Å². The number of benzene rings is 1. The second kappa shape index (κ2) is 5.42. The van der Waals surface area contributed by atoms with Crippen molar-refractivity contribution in [2.45, 2.75) is 26.4 Å². The number of aryl methyl sites for hydroxylation is 2. The number of nitrogens with zero attached hydrogens (tertiary/aromatic N) is 1. The van der Waals surface area contributed by atoms with Gasteiger partial charge in [0.2, 0.25) is 0 Å². The number of amides is 1. The van der Waals surface area contributed by atoms with Crippen molar-refractivity contribution in [3.05, 3.63) is 40.5 Å². The molecular formula is C15H17F3N2O. The van der Waals surface area contributed by atoms with Crippen LogP contribution in [0.4, 0.5) is 18.9 Å². The topological polar surface area (TPSA) is 46.3 Å². The van der Waals surface area contributed by atoms with E-state index in [0.717, 1.165) is 17.2 Å². The predicted octanol–water partition coefficient (Wildman–Crippen LogP) is 3.22. The zero-order chi connectivity index (χ0) is 15.8. The Morgan fingerprint density at radius 1 is 1.24 bits per heavy atom. The summed E-state index contributed by atoms with van der Waals surface area (Å²) in [6.45, 7) is 3.68. The van der Waals surface area contributed by atoms with Gasteiger partial charge in [-0.2, -0.15) is 13.2 Å². The Morgan fingerprint density at radius 3 is 2.43 bits per heavy atom. The Bertz CT molecular complexity index is 606. The molecule has 0 spiro atoms. The third-order valence-electron chi connectivity index (χ3n) is 3.70. The fraction of sp³-hybridized carbons (Fsp3) is 0.400. The fourth-order valence-corrected chi connectivity index (χ4v) is 2.38. The second-order valence-corrected chi connectivity index (χ2v) is 5.25. The third kappa shape index (κ3) is 3.20. The number of hydrogen-bond acceptors (Lipinski definition) is 2. The van der Waals surface area contributed by atoms with E-state index in [1.807, 2.05) is 13.0 Å². The monoisotopic (exact) mass is 298 g/mol. The van der Waals surface area contributed by atoms with Crippen LogP contribution in [-0.4, -0.2) is 30.1 Å². The van der Waals surface area contributed by atoms with E-state index >= 15 is 0 Å². The van der Waals surface area contributed by atoms with Gasteiger partial charge < -0.3 is 10.6 Å². The predicted molar refractivity (Wildman–Crippen MR) is 75.0 cm³/mol. The number of hydrogen-bond donors (Lipinski definition) is 1. The molecule has 21 heavy (non-hydrogen) atoms. The molecule has 1 aliphatic heterocycles. The molecule has 1 aromatic rings. The van der Waals surface area contributed by atoms with Crippen molar-refractivity contribution in [3.63, 3.8) is 0 Å². The first kappa shape index (κ1) is 15.4. The maximum Gasteiger partial charge on any atom is 0.412 e. The molecule has 1 aromatic carbocycles.